The highest BCUT2D eigenvalue weighted by Gasteiger charge is 2.42. The van der Waals surface area contributed by atoms with E-state index in [-0.39, 0.29) is 0 Å². The van der Waals surface area contributed by atoms with Crippen molar-refractivity contribution < 1.29 is 0 Å². The van der Waals surface area contributed by atoms with Crippen LogP contribution in [0.3, 0.4) is 0 Å². The van der Waals surface area contributed by atoms with E-state index in [9.17, 15) is 0 Å². The highest BCUT2D eigenvalue weighted by Crippen LogP contribution is 2.50. The van der Waals surface area contributed by atoms with Gasteiger partial charge in [-0.3, -0.25) is 4.57 Å². The van der Waals surface area contributed by atoms with E-state index in [0.29, 0.717) is 17.2 Å². The monoisotopic (exact) mass is 225 g/mol. The summed E-state index contributed by atoms with van der Waals surface area (Å²) in [5.41, 5.74) is 0. The second-order valence-corrected chi connectivity index (χ2v) is 5.16. The van der Waals surface area contributed by atoms with Crippen LogP contribution in [0.1, 0.15) is 56.8 Å². The lowest BCUT2D eigenvalue weighted by Gasteiger charge is -2.05. The predicted molar refractivity (Wildman–Crippen MR) is 59.1 cm³/mol. The second-order valence-electron chi connectivity index (χ2n) is 4.82. The van der Waals surface area contributed by atoms with E-state index in [2.05, 4.69) is 21.7 Å². The zero-order chi connectivity index (χ0) is 10.4. The van der Waals surface area contributed by atoms with Gasteiger partial charge < -0.3 is 0 Å². The molecule has 0 bridgehead atoms. The first-order valence-corrected chi connectivity index (χ1v) is 6.29. The number of nitrogens with zero attached hydrogens (tertiary/aromatic N) is 3. The van der Waals surface area contributed by atoms with Gasteiger partial charge in [0.1, 0.15) is 5.82 Å². The summed E-state index contributed by atoms with van der Waals surface area (Å²) < 4.78 is 2.19. The predicted octanol–water partition coefficient (Wildman–Crippen LogP) is 3.17. The zero-order valence-corrected chi connectivity index (χ0v) is 9.74. The average Bonchev–Trinajstić information content (AvgIpc) is 3.10. The van der Waals surface area contributed by atoms with Crippen molar-refractivity contribution in [1.82, 2.24) is 14.8 Å². The molecule has 0 saturated heterocycles. The van der Waals surface area contributed by atoms with E-state index >= 15 is 0 Å². The molecule has 1 heterocycles. The van der Waals surface area contributed by atoms with Crippen LogP contribution in [-0.2, 0) is 0 Å². The van der Waals surface area contributed by atoms with Crippen LogP contribution in [0.25, 0.3) is 0 Å². The first kappa shape index (κ1) is 9.64. The minimum absolute atomic E-state index is 0.598. The summed E-state index contributed by atoms with van der Waals surface area (Å²) in [6, 6.07) is 0.600. The quantitative estimate of drug-likeness (QED) is 0.788. The maximum absolute atomic E-state index is 6.11. The Morgan fingerprint density at radius 3 is 2.87 bits per heavy atom. The van der Waals surface area contributed by atoms with Gasteiger partial charge in [0.25, 0.3) is 0 Å². The summed E-state index contributed by atoms with van der Waals surface area (Å²) in [6.07, 6.45) is 6.37. The third-order valence-electron chi connectivity index (χ3n) is 3.50. The molecule has 2 atom stereocenters. The number of halogens is 1. The van der Waals surface area contributed by atoms with E-state index in [1.165, 1.54) is 32.1 Å². The first-order chi connectivity index (χ1) is 7.31. The number of aromatic nitrogens is 3. The molecule has 15 heavy (non-hydrogen) atoms. The van der Waals surface area contributed by atoms with E-state index in [1.807, 2.05) is 0 Å². The number of hydrogen-bond acceptors (Lipinski definition) is 2. The molecule has 1 aromatic heterocycles. The molecule has 0 aliphatic heterocycles. The molecule has 3 nitrogen and oxygen atoms in total. The highest BCUT2D eigenvalue weighted by molar-refractivity contribution is 6.28. The van der Waals surface area contributed by atoms with Crippen LogP contribution in [0.15, 0.2) is 0 Å². The molecular formula is C11H16ClN3. The molecule has 2 fully saturated rings. The Hall–Kier alpha value is -0.570. The number of rotatable bonds is 4. The molecule has 0 aromatic carbocycles. The molecule has 3 rings (SSSR count). The molecule has 82 valence electrons. The molecule has 2 aliphatic rings. The van der Waals surface area contributed by atoms with Crippen LogP contribution in [0, 0.1) is 5.92 Å². The van der Waals surface area contributed by atoms with Gasteiger partial charge in [-0.05, 0) is 43.2 Å². The molecule has 2 unspecified atom stereocenters. The Bertz CT molecular complexity index is 370. The van der Waals surface area contributed by atoms with Gasteiger partial charge in [0.2, 0.25) is 5.28 Å². The second kappa shape index (κ2) is 3.48. The summed E-state index contributed by atoms with van der Waals surface area (Å²) >= 11 is 6.11. The van der Waals surface area contributed by atoms with Gasteiger partial charge in [-0.25, -0.2) is 0 Å². The Balaban J connectivity index is 1.82. The average molecular weight is 226 g/mol. The maximum Gasteiger partial charge on any atom is 0.225 e. The van der Waals surface area contributed by atoms with Gasteiger partial charge in [0.05, 0.1) is 0 Å². The normalized spacial score (nSPS) is 29.5. The van der Waals surface area contributed by atoms with E-state index in [4.69, 9.17) is 11.6 Å². The third-order valence-corrected chi connectivity index (χ3v) is 3.76. The van der Waals surface area contributed by atoms with Crippen molar-refractivity contribution in [3.8, 4) is 0 Å². The van der Waals surface area contributed by atoms with Crippen molar-refractivity contribution >= 4 is 11.6 Å². The molecule has 2 saturated carbocycles. The van der Waals surface area contributed by atoms with Crippen molar-refractivity contribution in [3.63, 3.8) is 0 Å². The van der Waals surface area contributed by atoms with Crippen molar-refractivity contribution in [2.75, 3.05) is 0 Å². The van der Waals surface area contributed by atoms with Crippen molar-refractivity contribution in [1.29, 1.82) is 0 Å². The molecule has 0 spiro atoms. The fourth-order valence-electron chi connectivity index (χ4n) is 2.44. The Labute approximate surface area is 94.8 Å². The highest BCUT2D eigenvalue weighted by atomic mass is 35.5. The lowest BCUT2D eigenvalue weighted by atomic mass is 10.2. The van der Waals surface area contributed by atoms with Crippen molar-refractivity contribution in [2.24, 2.45) is 5.92 Å². The summed E-state index contributed by atoms with van der Waals surface area (Å²) in [5.74, 6) is 2.61. The third kappa shape index (κ3) is 1.67. The van der Waals surface area contributed by atoms with Gasteiger partial charge >= 0.3 is 0 Å². The summed E-state index contributed by atoms with van der Waals surface area (Å²) in [6.45, 7) is 2.24. The van der Waals surface area contributed by atoms with Gasteiger partial charge in [-0.2, -0.15) is 0 Å². The van der Waals surface area contributed by atoms with E-state index in [0.717, 1.165) is 11.7 Å². The van der Waals surface area contributed by atoms with E-state index < -0.39 is 0 Å². The van der Waals surface area contributed by atoms with Crippen LogP contribution in [0.5, 0.6) is 0 Å². The van der Waals surface area contributed by atoms with Crippen molar-refractivity contribution in [3.05, 3.63) is 11.1 Å². The van der Waals surface area contributed by atoms with Crippen LogP contribution in [0.4, 0.5) is 0 Å². The molecule has 4 heteroatoms. The maximum atomic E-state index is 6.11. The topological polar surface area (TPSA) is 30.7 Å². The van der Waals surface area contributed by atoms with Crippen LogP contribution in [-0.4, -0.2) is 14.8 Å². The van der Waals surface area contributed by atoms with Crippen LogP contribution >= 0.6 is 11.6 Å². The summed E-state index contributed by atoms with van der Waals surface area (Å²) in [5, 5.41) is 8.82. The first-order valence-electron chi connectivity index (χ1n) is 5.91. The minimum atomic E-state index is 0.598. The molecule has 0 N–H and O–H groups in total. The van der Waals surface area contributed by atoms with Gasteiger partial charge in [0, 0.05) is 12.0 Å². The SMILES string of the molecule is CCCC1CC1n1c(Cl)nnc1C1CC1. The molecule has 0 radical (unpaired) electrons. The largest absolute Gasteiger partial charge is 0.298 e. The summed E-state index contributed by atoms with van der Waals surface area (Å²) in [7, 11) is 0. The molecule has 1 aromatic rings. The fourth-order valence-corrected chi connectivity index (χ4v) is 2.69. The minimum Gasteiger partial charge on any atom is -0.298 e. The fraction of sp³-hybridized carbons (Fsp3) is 0.818. The van der Waals surface area contributed by atoms with Gasteiger partial charge in [0.15, 0.2) is 0 Å². The van der Waals surface area contributed by atoms with Crippen molar-refractivity contribution in [2.45, 2.75) is 51.0 Å². The Kier molecular flexibility index (Phi) is 2.23. The van der Waals surface area contributed by atoms with E-state index in [1.54, 1.807) is 0 Å². The molecule has 2 aliphatic carbocycles. The van der Waals surface area contributed by atoms with Gasteiger partial charge in [-0.1, -0.05) is 13.3 Å². The van der Waals surface area contributed by atoms with Crippen LogP contribution < -0.4 is 0 Å². The Morgan fingerprint density at radius 2 is 2.20 bits per heavy atom. The smallest absolute Gasteiger partial charge is 0.225 e. The standard InChI is InChI=1S/C11H16ClN3/c1-2-3-8-6-9(8)15-10(7-4-5-7)13-14-11(15)12/h7-9H,2-6H2,1H3. The lowest BCUT2D eigenvalue weighted by molar-refractivity contribution is 0.588. The molecule has 0 amide bonds. The lowest BCUT2D eigenvalue weighted by Crippen LogP contribution is -2.02. The summed E-state index contributed by atoms with van der Waals surface area (Å²) in [4.78, 5) is 0. The Morgan fingerprint density at radius 1 is 1.40 bits per heavy atom. The zero-order valence-electron chi connectivity index (χ0n) is 8.99. The van der Waals surface area contributed by atoms with Crippen LogP contribution in [0.2, 0.25) is 5.28 Å². The van der Waals surface area contributed by atoms with Gasteiger partial charge in [-0.15, -0.1) is 10.2 Å². The molecular weight excluding hydrogens is 210 g/mol. The number of hydrogen-bond donors (Lipinski definition) is 0.